The van der Waals surface area contributed by atoms with Gasteiger partial charge in [0, 0.05) is 29.8 Å². The van der Waals surface area contributed by atoms with Crippen LogP contribution in [0.1, 0.15) is 41.6 Å². The van der Waals surface area contributed by atoms with E-state index in [2.05, 4.69) is 10.2 Å². The van der Waals surface area contributed by atoms with Gasteiger partial charge >= 0.3 is 0 Å². The molecule has 1 amide bonds. The zero-order chi connectivity index (χ0) is 14.8. The molecule has 21 heavy (non-hydrogen) atoms. The second kappa shape index (κ2) is 6.12. The Morgan fingerprint density at radius 2 is 2.05 bits per heavy atom. The first-order valence-corrected chi connectivity index (χ1v) is 8.01. The smallest absolute Gasteiger partial charge is 0.251 e. The van der Waals surface area contributed by atoms with Crippen LogP contribution < -0.4 is 11.1 Å². The average molecular weight is 303 g/mol. The summed E-state index contributed by atoms with van der Waals surface area (Å²) in [7, 11) is 0. The molecule has 3 rings (SSSR count). The fraction of sp³-hybridized carbons (Fsp3) is 0.500. The van der Waals surface area contributed by atoms with Crippen molar-refractivity contribution in [3.63, 3.8) is 0 Å². The molecule has 4 nitrogen and oxygen atoms in total. The summed E-state index contributed by atoms with van der Waals surface area (Å²) in [5.74, 6) is -0.0227. The lowest BCUT2D eigenvalue weighted by Crippen LogP contribution is -2.46. The van der Waals surface area contributed by atoms with Crippen LogP contribution >= 0.6 is 12.2 Å². The molecule has 2 heterocycles. The first-order chi connectivity index (χ1) is 10.1. The summed E-state index contributed by atoms with van der Waals surface area (Å²) in [6.45, 7) is 2.27. The summed E-state index contributed by atoms with van der Waals surface area (Å²) in [5.41, 5.74) is 7.00. The summed E-state index contributed by atoms with van der Waals surface area (Å²) in [6.07, 6.45) is 4.79. The average Bonchev–Trinajstić information content (AvgIpc) is 2.91. The van der Waals surface area contributed by atoms with Crippen LogP contribution in [0.3, 0.4) is 0 Å². The molecular formula is C16H21N3OS. The van der Waals surface area contributed by atoms with E-state index in [-0.39, 0.29) is 11.9 Å². The van der Waals surface area contributed by atoms with Crippen molar-refractivity contribution in [1.29, 1.82) is 0 Å². The lowest BCUT2D eigenvalue weighted by Gasteiger charge is -2.32. The largest absolute Gasteiger partial charge is 0.389 e. The molecule has 0 radical (unpaired) electrons. The zero-order valence-electron chi connectivity index (χ0n) is 12.0. The van der Waals surface area contributed by atoms with E-state index in [4.69, 9.17) is 18.0 Å². The SMILES string of the molecule is NC(=S)c1cccc(C(=O)NC2CCN3CCCCC23)c1. The van der Waals surface area contributed by atoms with Crippen LogP contribution in [-0.4, -0.2) is 41.0 Å². The Morgan fingerprint density at radius 3 is 2.86 bits per heavy atom. The summed E-state index contributed by atoms with van der Waals surface area (Å²) >= 11 is 4.97. The van der Waals surface area contributed by atoms with Crippen LogP contribution in [0.4, 0.5) is 0 Å². The van der Waals surface area contributed by atoms with Crippen LogP contribution in [0.5, 0.6) is 0 Å². The van der Waals surface area contributed by atoms with Crippen LogP contribution in [-0.2, 0) is 0 Å². The quantitative estimate of drug-likeness (QED) is 0.834. The third-order valence-electron chi connectivity index (χ3n) is 4.58. The van der Waals surface area contributed by atoms with Gasteiger partial charge in [-0.05, 0) is 37.9 Å². The van der Waals surface area contributed by atoms with Crippen LogP contribution in [0.15, 0.2) is 24.3 Å². The highest BCUT2D eigenvalue weighted by Crippen LogP contribution is 2.27. The number of nitrogens with zero attached hydrogens (tertiary/aromatic N) is 1. The van der Waals surface area contributed by atoms with Gasteiger partial charge < -0.3 is 11.1 Å². The Morgan fingerprint density at radius 1 is 1.24 bits per heavy atom. The Labute approximate surface area is 130 Å². The van der Waals surface area contributed by atoms with Gasteiger partial charge in [-0.1, -0.05) is 30.8 Å². The lowest BCUT2D eigenvalue weighted by molar-refractivity contribution is 0.0915. The summed E-state index contributed by atoms with van der Waals surface area (Å²) in [5, 5.41) is 3.20. The highest BCUT2D eigenvalue weighted by molar-refractivity contribution is 7.80. The van der Waals surface area contributed by atoms with E-state index >= 15 is 0 Å². The van der Waals surface area contributed by atoms with Gasteiger partial charge in [0.15, 0.2) is 0 Å². The molecule has 112 valence electrons. The van der Waals surface area contributed by atoms with E-state index < -0.39 is 0 Å². The third kappa shape index (κ3) is 3.09. The van der Waals surface area contributed by atoms with Crippen LogP contribution in [0.2, 0.25) is 0 Å². The van der Waals surface area contributed by atoms with Crippen molar-refractivity contribution in [2.75, 3.05) is 13.1 Å². The first kappa shape index (κ1) is 14.5. The highest BCUT2D eigenvalue weighted by Gasteiger charge is 2.36. The monoisotopic (exact) mass is 303 g/mol. The van der Waals surface area contributed by atoms with Gasteiger partial charge in [0.1, 0.15) is 4.99 Å². The molecule has 2 unspecified atom stereocenters. The van der Waals surface area contributed by atoms with Gasteiger partial charge in [-0.2, -0.15) is 0 Å². The minimum absolute atomic E-state index is 0.0227. The molecule has 0 spiro atoms. The molecule has 0 saturated carbocycles. The summed E-state index contributed by atoms with van der Waals surface area (Å²) in [6, 6.07) is 8.02. The molecule has 2 fully saturated rings. The standard InChI is InChI=1S/C16H21N3OS/c17-15(21)11-4-3-5-12(10-11)16(20)18-13-7-9-19-8-2-1-6-14(13)19/h3-5,10,13-14H,1-2,6-9H2,(H2,17,21)(H,18,20). The molecule has 1 aromatic rings. The molecular weight excluding hydrogens is 282 g/mol. The van der Waals surface area contributed by atoms with Gasteiger partial charge in [0.05, 0.1) is 0 Å². The Kier molecular flexibility index (Phi) is 4.22. The number of hydrogen-bond acceptors (Lipinski definition) is 3. The molecule has 2 saturated heterocycles. The second-order valence-electron chi connectivity index (χ2n) is 5.91. The van der Waals surface area contributed by atoms with E-state index in [1.165, 1.54) is 25.8 Å². The van der Waals surface area contributed by atoms with Crippen molar-refractivity contribution in [3.05, 3.63) is 35.4 Å². The maximum Gasteiger partial charge on any atom is 0.251 e. The van der Waals surface area contributed by atoms with Gasteiger partial charge in [-0.15, -0.1) is 0 Å². The van der Waals surface area contributed by atoms with Gasteiger partial charge in [-0.25, -0.2) is 0 Å². The predicted molar refractivity (Wildman–Crippen MR) is 87.4 cm³/mol. The molecule has 2 atom stereocenters. The molecule has 5 heteroatoms. The highest BCUT2D eigenvalue weighted by atomic mass is 32.1. The number of nitrogens with one attached hydrogen (secondary N) is 1. The van der Waals surface area contributed by atoms with Crippen molar-refractivity contribution in [2.45, 2.75) is 37.8 Å². The van der Waals surface area contributed by atoms with Crippen molar-refractivity contribution < 1.29 is 4.79 Å². The number of benzene rings is 1. The molecule has 2 aliphatic rings. The van der Waals surface area contributed by atoms with Crippen molar-refractivity contribution in [1.82, 2.24) is 10.2 Å². The van der Waals surface area contributed by atoms with Gasteiger partial charge in [0.25, 0.3) is 5.91 Å². The molecule has 0 aliphatic carbocycles. The minimum atomic E-state index is -0.0227. The Bertz CT molecular complexity index is 560. The van der Waals surface area contributed by atoms with Crippen molar-refractivity contribution in [3.8, 4) is 0 Å². The topological polar surface area (TPSA) is 58.4 Å². The number of rotatable bonds is 3. The maximum absolute atomic E-state index is 12.4. The Hall–Kier alpha value is -1.46. The van der Waals surface area contributed by atoms with E-state index in [9.17, 15) is 4.79 Å². The van der Waals surface area contributed by atoms with Crippen LogP contribution in [0.25, 0.3) is 0 Å². The normalized spacial score (nSPS) is 25.3. The number of fused-ring (bicyclic) bond motifs is 1. The Balaban J connectivity index is 1.69. The number of amides is 1. The third-order valence-corrected chi connectivity index (χ3v) is 4.82. The first-order valence-electron chi connectivity index (χ1n) is 7.60. The van der Waals surface area contributed by atoms with Gasteiger partial charge in [0.2, 0.25) is 0 Å². The molecule has 0 bridgehead atoms. The summed E-state index contributed by atoms with van der Waals surface area (Å²) < 4.78 is 0. The summed E-state index contributed by atoms with van der Waals surface area (Å²) in [4.78, 5) is 15.3. The number of piperidine rings is 1. The second-order valence-corrected chi connectivity index (χ2v) is 6.35. The number of carbonyl (C=O) groups is 1. The predicted octanol–water partition coefficient (Wildman–Crippen LogP) is 1.68. The van der Waals surface area contributed by atoms with Crippen LogP contribution in [0, 0.1) is 0 Å². The molecule has 2 aliphatic heterocycles. The number of thiocarbonyl (C=S) groups is 1. The van der Waals surface area contributed by atoms with Crippen molar-refractivity contribution in [2.24, 2.45) is 5.73 Å². The van der Waals surface area contributed by atoms with E-state index in [0.717, 1.165) is 18.5 Å². The molecule has 1 aromatic carbocycles. The molecule has 3 N–H and O–H groups in total. The van der Waals surface area contributed by atoms with Crippen molar-refractivity contribution >= 4 is 23.1 Å². The van der Waals surface area contributed by atoms with E-state index in [1.54, 1.807) is 6.07 Å². The van der Waals surface area contributed by atoms with E-state index in [0.29, 0.717) is 16.6 Å². The molecule has 0 aromatic heterocycles. The number of carbonyl (C=O) groups excluding carboxylic acids is 1. The zero-order valence-corrected chi connectivity index (χ0v) is 12.9. The number of nitrogens with two attached hydrogens (primary N) is 1. The maximum atomic E-state index is 12.4. The number of hydrogen-bond donors (Lipinski definition) is 2. The lowest BCUT2D eigenvalue weighted by atomic mass is 9.98. The minimum Gasteiger partial charge on any atom is -0.389 e. The fourth-order valence-electron chi connectivity index (χ4n) is 3.48. The fourth-order valence-corrected chi connectivity index (χ4v) is 3.61. The van der Waals surface area contributed by atoms with E-state index in [1.807, 2.05) is 18.2 Å². The van der Waals surface area contributed by atoms with Gasteiger partial charge in [-0.3, -0.25) is 9.69 Å².